The Labute approximate surface area is 87.0 Å². The van der Waals surface area contributed by atoms with Crippen molar-refractivity contribution in [3.8, 4) is 0 Å². The first-order valence-corrected chi connectivity index (χ1v) is 4.66. The molecule has 0 fully saturated rings. The monoisotopic (exact) mass is 214 g/mol. The van der Waals surface area contributed by atoms with E-state index in [9.17, 15) is 10.1 Å². The van der Waals surface area contributed by atoms with Gasteiger partial charge in [-0.2, -0.15) is 0 Å². The van der Waals surface area contributed by atoms with Crippen molar-refractivity contribution in [2.75, 3.05) is 6.54 Å². The van der Waals surface area contributed by atoms with Crippen molar-refractivity contribution in [2.24, 2.45) is 0 Å². The molecule has 1 rings (SSSR count). The summed E-state index contributed by atoms with van der Waals surface area (Å²) in [5.74, 6) is 0. The minimum Gasteiger partial charge on any atom is -0.313 e. The predicted molar refractivity (Wildman–Crippen MR) is 55.5 cm³/mol. The minimum atomic E-state index is -0.418. The topological polar surface area (TPSA) is 55.2 Å². The molecule has 1 N–H and O–H groups in total. The molecule has 0 amide bonds. The fourth-order valence-electron chi connectivity index (χ4n) is 1.12. The molecule has 0 saturated carbocycles. The summed E-state index contributed by atoms with van der Waals surface area (Å²) >= 11 is 5.67. The molecular formula is C9H11ClN2O2. The molecule has 76 valence electrons. The van der Waals surface area contributed by atoms with Gasteiger partial charge >= 0.3 is 0 Å². The van der Waals surface area contributed by atoms with Gasteiger partial charge in [0, 0.05) is 23.2 Å². The molecule has 0 aliphatic carbocycles. The zero-order valence-corrected chi connectivity index (χ0v) is 8.54. The number of nitro groups is 1. The van der Waals surface area contributed by atoms with Gasteiger partial charge in [-0.25, -0.2) is 0 Å². The number of nitrogens with one attached hydrogen (secondary N) is 1. The lowest BCUT2D eigenvalue weighted by Crippen LogP contribution is -2.12. The summed E-state index contributed by atoms with van der Waals surface area (Å²) in [7, 11) is 0. The zero-order chi connectivity index (χ0) is 10.6. The van der Waals surface area contributed by atoms with E-state index < -0.39 is 4.92 Å². The molecule has 0 bridgehead atoms. The van der Waals surface area contributed by atoms with Crippen LogP contribution in [-0.2, 0) is 6.54 Å². The van der Waals surface area contributed by atoms with Gasteiger partial charge in [0.2, 0.25) is 0 Å². The summed E-state index contributed by atoms with van der Waals surface area (Å²) in [6.45, 7) is 3.21. The van der Waals surface area contributed by atoms with Crippen LogP contribution in [0.2, 0.25) is 5.02 Å². The molecule has 0 aliphatic heterocycles. The molecule has 0 unspecified atom stereocenters. The number of hydrogen-bond acceptors (Lipinski definition) is 3. The summed E-state index contributed by atoms with van der Waals surface area (Å²) in [5, 5.41) is 14.1. The quantitative estimate of drug-likeness (QED) is 0.618. The fourth-order valence-corrected chi connectivity index (χ4v) is 1.28. The van der Waals surface area contributed by atoms with Crippen LogP contribution in [0, 0.1) is 10.1 Å². The van der Waals surface area contributed by atoms with Gasteiger partial charge in [-0.1, -0.05) is 18.5 Å². The van der Waals surface area contributed by atoms with Crippen LogP contribution < -0.4 is 5.32 Å². The number of halogens is 1. The Morgan fingerprint density at radius 3 is 2.86 bits per heavy atom. The number of nitrogens with zero attached hydrogens (tertiary/aromatic N) is 1. The van der Waals surface area contributed by atoms with Gasteiger partial charge in [-0.3, -0.25) is 10.1 Å². The van der Waals surface area contributed by atoms with E-state index in [1.54, 1.807) is 12.1 Å². The normalized spacial score (nSPS) is 10.1. The molecular weight excluding hydrogens is 204 g/mol. The molecule has 1 aromatic rings. The van der Waals surface area contributed by atoms with Crippen molar-refractivity contribution in [1.82, 2.24) is 5.32 Å². The van der Waals surface area contributed by atoms with Gasteiger partial charge < -0.3 is 5.32 Å². The lowest BCUT2D eigenvalue weighted by molar-refractivity contribution is -0.385. The Hall–Kier alpha value is -1.13. The molecule has 4 nitrogen and oxygen atoms in total. The SMILES string of the molecule is CCNCc1ccc(Cl)cc1[N+](=O)[O-]. The molecule has 0 saturated heterocycles. The van der Waals surface area contributed by atoms with Crippen molar-refractivity contribution in [1.29, 1.82) is 0 Å². The maximum absolute atomic E-state index is 10.7. The molecule has 14 heavy (non-hydrogen) atoms. The van der Waals surface area contributed by atoms with E-state index in [4.69, 9.17) is 11.6 Å². The Morgan fingerprint density at radius 2 is 2.29 bits per heavy atom. The van der Waals surface area contributed by atoms with Crippen molar-refractivity contribution >= 4 is 17.3 Å². The van der Waals surface area contributed by atoms with Gasteiger partial charge in [-0.05, 0) is 18.7 Å². The highest BCUT2D eigenvalue weighted by molar-refractivity contribution is 6.30. The van der Waals surface area contributed by atoms with Gasteiger partial charge in [-0.15, -0.1) is 0 Å². The van der Waals surface area contributed by atoms with Gasteiger partial charge in [0.25, 0.3) is 5.69 Å². The molecule has 0 radical (unpaired) electrons. The van der Waals surface area contributed by atoms with Gasteiger partial charge in [0.15, 0.2) is 0 Å². The lowest BCUT2D eigenvalue weighted by atomic mass is 10.2. The highest BCUT2D eigenvalue weighted by atomic mass is 35.5. The van der Waals surface area contributed by atoms with Crippen molar-refractivity contribution < 1.29 is 4.92 Å². The smallest absolute Gasteiger partial charge is 0.275 e. The average molecular weight is 215 g/mol. The first-order valence-electron chi connectivity index (χ1n) is 4.28. The Bertz CT molecular complexity index is 342. The maximum Gasteiger partial charge on any atom is 0.275 e. The summed E-state index contributed by atoms with van der Waals surface area (Å²) in [4.78, 5) is 10.2. The van der Waals surface area contributed by atoms with E-state index in [0.717, 1.165) is 6.54 Å². The second kappa shape index (κ2) is 4.93. The second-order valence-electron chi connectivity index (χ2n) is 2.81. The summed E-state index contributed by atoms with van der Waals surface area (Å²) < 4.78 is 0. The molecule has 0 aromatic heterocycles. The lowest BCUT2D eigenvalue weighted by Gasteiger charge is -2.03. The summed E-state index contributed by atoms with van der Waals surface area (Å²) in [6, 6.07) is 4.69. The number of rotatable bonds is 4. The van der Waals surface area contributed by atoms with Crippen molar-refractivity contribution in [3.63, 3.8) is 0 Å². The highest BCUT2D eigenvalue weighted by Gasteiger charge is 2.12. The summed E-state index contributed by atoms with van der Waals surface area (Å²) in [5.41, 5.74) is 0.722. The molecule has 0 atom stereocenters. The fraction of sp³-hybridized carbons (Fsp3) is 0.333. The van der Waals surface area contributed by atoms with Crippen molar-refractivity contribution in [3.05, 3.63) is 38.9 Å². The maximum atomic E-state index is 10.7. The van der Waals surface area contributed by atoms with Crippen LogP contribution in [0.1, 0.15) is 12.5 Å². The second-order valence-corrected chi connectivity index (χ2v) is 3.25. The Morgan fingerprint density at radius 1 is 1.57 bits per heavy atom. The largest absolute Gasteiger partial charge is 0.313 e. The van der Waals surface area contributed by atoms with Gasteiger partial charge in [0.05, 0.1) is 4.92 Å². The van der Waals surface area contributed by atoms with Crippen LogP contribution in [0.5, 0.6) is 0 Å². The van der Waals surface area contributed by atoms with E-state index in [1.807, 2.05) is 6.92 Å². The van der Waals surface area contributed by atoms with Crippen LogP contribution in [0.3, 0.4) is 0 Å². The van der Waals surface area contributed by atoms with Gasteiger partial charge in [0.1, 0.15) is 0 Å². The number of benzene rings is 1. The van der Waals surface area contributed by atoms with E-state index in [2.05, 4.69) is 5.32 Å². The molecule has 0 spiro atoms. The Balaban J connectivity index is 2.96. The van der Waals surface area contributed by atoms with E-state index >= 15 is 0 Å². The number of nitro benzene ring substituents is 1. The van der Waals surface area contributed by atoms with Crippen LogP contribution in [0.15, 0.2) is 18.2 Å². The molecule has 5 heteroatoms. The average Bonchev–Trinajstić information content (AvgIpc) is 2.15. The standard InChI is InChI=1S/C9H11ClN2O2/c1-2-11-6-7-3-4-8(10)5-9(7)12(13)14/h3-5,11H,2,6H2,1H3. The van der Waals surface area contributed by atoms with Crippen LogP contribution >= 0.6 is 11.6 Å². The van der Waals surface area contributed by atoms with Crippen LogP contribution in [0.4, 0.5) is 5.69 Å². The molecule has 0 heterocycles. The minimum absolute atomic E-state index is 0.0680. The first-order chi connectivity index (χ1) is 6.65. The Kier molecular flexibility index (Phi) is 3.85. The van der Waals surface area contributed by atoms with Crippen molar-refractivity contribution in [2.45, 2.75) is 13.5 Å². The van der Waals surface area contributed by atoms with E-state index in [0.29, 0.717) is 17.1 Å². The number of hydrogen-bond donors (Lipinski definition) is 1. The van der Waals surface area contributed by atoms with E-state index in [1.165, 1.54) is 6.07 Å². The molecule has 0 aliphatic rings. The third kappa shape index (κ3) is 2.68. The summed E-state index contributed by atoms with van der Waals surface area (Å²) in [6.07, 6.45) is 0. The molecule has 1 aromatic carbocycles. The highest BCUT2D eigenvalue weighted by Crippen LogP contribution is 2.22. The van der Waals surface area contributed by atoms with Crippen LogP contribution in [0.25, 0.3) is 0 Å². The third-order valence-corrected chi connectivity index (χ3v) is 2.04. The van der Waals surface area contributed by atoms with E-state index in [-0.39, 0.29) is 5.69 Å². The predicted octanol–water partition coefficient (Wildman–Crippen LogP) is 2.36. The zero-order valence-electron chi connectivity index (χ0n) is 7.79. The third-order valence-electron chi connectivity index (χ3n) is 1.81. The first kappa shape index (κ1) is 10.9. The van der Waals surface area contributed by atoms with Crippen LogP contribution in [-0.4, -0.2) is 11.5 Å².